The molecule has 0 aliphatic carbocycles. The molecule has 114 valence electrons. The van der Waals surface area contributed by atoms with E-state index in [9.17, 15) is 16.8 Å². The summed E-state index contributed by atoms with van der Waals surface area (Å²) in [6.07, 6.45) is 0. The lowest BCUT2D eigenvalue weighted by atomic mass is 10.2. The van der Waals surface area contributed by atoms with Crippen molar-refractivity contribution in [2.24, 2.45) is 0 Å². The van der Waals surface area contributed by atoms with Crippen LogP contribution in [0.15, 0.2) is 46.2 Å². The minimum atomic E-state index is -4.35. The molecule has 0 aliphatic rings. The topological polar surface area (TPSA) is 135 Å². The van der Waals surface area contributed by atoms with E-state index in [0.717, 1.165) is 24.3 Å². The van der Waals surface area contributed by atoms with Gasteiger partial charge in [-0.15, -0.1) is 0 Å². The molecule has 2 aromatic carbocycles. The highest BCUT2D eigenvalue weighted by Gasteiger charge is 2.14. The van der Waals surface area contributed by atoms with E-state index in [0.29, 0.717) is 11.0 Å². The van der Waals surface area contributed by atoms with E-state index in [1.54, 1.807) is 0 Å². The molecule has 2 N–H and O–H groups in total. The molecule has 8 nitrogen and oxygen atoms in total. The molecule has 0 bridgehead atoms. The van der Waals surface area contributed by atoms with Crippen LogP contribution in [0.3, 0.4) is 0 Å². The molecular formula is C12H8N2O6S2. The molecular weight excluding hydrogens is 332 g/mol. The molecule has 0 saturated heterocycles. The second-order valence-electron chi connectivity index (χ2n) is 4.47. The molecule has 10 heteroatoms. The van der Waals surface area contributed by atoms with Gasteiger partial charge in [0.1, 0.15) is 0 Å². The van der Waals surface area contributed by atoms with E-state index >= 15 is 0 Å². The van der Waals surface area contributed by atoms with Gasteiger partial charge in [-0.1, -0.05) is 0 Å². The van der Waals surface area contributed by atoms with Crippen LogP contribution < -0.4 is 0 Å². The second kappa shape index (κ2) is 4.68. The average Bonchev–Trinajstić information content (AvgIpc) is 2.41. The van der Waals surface area contributed by atoms with Crippen LogP contribution in [0.5, 0.6) is 0 Å². The summed E-state index contributed by atoms with van der Waals surface area (Å²) < 4.78 is 62.5. The fourth-order valence-electron chi connectivity index (χ4n) is 1.96. The molecule has 0 spiro atoms. The van der Waals surface area contributed by atoms with E-state index < -0.39 is 20.2 Å². The van der Waals surface area contributed by atoms with Crippen molar-refractivity contribution >= 4 is 42.3 Å². The zero-order chi connectivity index (χ0) is 16.1. The van der Waals surface area contributed by atoms with Gasteiger partial charge in [0.15, 0.2) is 0 Å². The van der Waals surface area contributed by atoms with Gasteiger partial charge >= 0.3 is 0 Å². The maximum Gasteiger partial charge on any atom is 0.294 e. The van der Waals surface area contributed by atoms with Gasteiger partial charge in [0.05, 0.1) is 31.9 Å². The highest BCUT2D eigenvalue weighted by Crippen LogP contribution is 2.21. The predicted octanol–water partition coefficient (Wildman–Crippen LogP) is 1.28. The third-order valence-corrected chi connectivity index (χ3v) is 4.67. The first-order valence-corrected chi connectivity index (χ1v) is 8.69. The summed E-state index contributed by atoms with van der Waals surface area (Å²) in [6, 6.07) is 7.31. The van der Waals surface area contributed by atoms with Crippen LogP contribution in [0.2, 0.25) is 0 Å². The smallest absolute Gasteiger partial charge is 0.282 e. The Morgan fingerprint density at radius 3 is 1.32 bits per heavy atom. The number of rotatable bonds is 2. The summed E-state index contributed by atoms with van der Waals surface area (Å²) in [6.45, 7) is 0. The Morgan fingerprint density at radius 2 is 1.00 bits per heavy atom. The summed E-state index contributed by atoms with van der Waals surface area (Å²) >= 11 is 0. The molecule has 3 rings (SSSR count). The van der Waals surface area contributed by atoms with Crippen LogP contribution in [0.1, 0.15) is 0 Å². The van der Waals surface area contributed by atoms with Crippen LogP contribution >= 0.6 is 0 Å². The third-order valence-electron chi connectivity index (χ3n) is 2.97. The van der Waals surface area contributed by atoms with Gasteiger partial charge in [-0.3, -0.25) is 9.11 Å². The highest BCUT2D eigenvalue weighted by atomic mass is 32.2. The van der Waals surface area contributed by atoms with Crippen molar-refractivity contribution in [2.45, 2.75) is 9.79 Å². The summed E-state index contributed by atoms with van der Waals surface area (Å²) in [5, 5.41) is 0. The van der Waals surface area contributed by atoms with E-state index in [4.69, 9.17) is 9.11 Å². The molecule has 0 saturated carbocycles. The Morgan fingerprint density at radius 1 is 0.636 bits per heavy atom. The molecule has 1 aromatic heterocycles. The second-order valence-corrected chi connectivity index (χ2v) is 7.32. The number of hydrogen-bond acceptors (Lipinski definition) is 6. The van der Waals surface area contributed by atoms with Crippen molar-refractivity contribution in [2.75, 3.05) is 0 Å². The third kappa shape index (κ3) is 2.64. The average molecular weight is 340 g/mol. The number of nitrogens with zero attached hydrogens (tertiary/aromatic N) is 2. The number of fused-ring (bicyclic) bond motifs is 2. The van der Waals surface area contributed by atoms with E-state index in [-0.39, 0.29) is 20.8 Å². The minimum absolute atomic E-state index is 0.224. The molecule has 22 heavy (non-hydrogen) atoms. The number of hydrogen-bond donors (Lipinski definition) is 2. The minimum Gasteiger partial charge on any atom is -0.282 e. The number of aromatic nitrogens is 2. The Hall–Kier alpha value is -2.14. The summed E-state index contributed by atoms with van der Waals surface area (Å²) in [5.41, 5.74) is 1.07. The largest absolute Gasteiger partial charge is 0.294 e. The fourth-order valence-corrected chi connectivity index (χ4v) is 2.96. The summed E-state index contributed by atoms with van der Waals surface area (Å²) in [5.74, 6) is 0. The lowest BCUT2D eigenvalue weighted by molar-refractivity contribution is 0.481. The van der Waals surface area contributed by atoms with Crippen LogP contribution in [-0.2, 0) is 20.2 Å². The van der Waals surface area contributed by atoms with Gasteiger partial charge < -0.3 is 0 Å². The van der Waals surface area contributed by atoms with Gasteiger partial charge in [-0.2, -0.15) is 16.8 Å². The first kappa shape index (κ1) is 14.8. The zero-order valence-electron chi connectivity index (χ0n) is 10.7. The van der Waals surface area contributed by atoms with Gasteiger partial charge in [0, 0.05) is 0 Å². The summed E-state index contributed by atoms with van der Waals surface area (Å²) in [4.78, 5) is 7.69. The monoisotopic (exact) mass is 340 g/mol. The fraction of sp³-hybridized carbons (Fsp3) is 0. The van der Waals surface area contributed by atoms with Crippen LogP contribution in [0, 0.1) is 0 Å². The van der Waals surface area contributed by atoms with Crippen molar-refractivity contribution < 1.29 is 25.9 Å². The normalized spacial score (nSPS) is 12.8. The molecule has 0 aliphatic heterocycles. The van der Waals surface area contributed by atoms with Crippen molar-refractivity contribution in [3.05, 3.63) is 36.4 Å². The van der Waals surface area contributed by atoms with Crippen LogP contribution in [0.4, 0.5) is 0 Å². The molecule has 0 radical (unpaired) electrons. The maximum atomic E-state index is 11.1. The summed E-state index contributed by atoms with van der Waals surface area (Å²) in [7, 11) is -8.71. The first-order chi connectivity index (χ1) is 10.1. The lowest BCUT2D eigenvalue weighted by Gasteiger charge is -2.04. The predicted molar refractivity (Wildman–Crippen MR) is 76.7 cm³/mol. The van der Waals surface area contributed by atoms with Crippen LogP contribution in [-0.4, -0.2) is 35.9 Å². The van der Waals surface area contributed by atoms with Gasteiger partial charge in [0.25, 0.3) is 20.2 Å². The van der Waals surface area contributed by atoms with Crippen molar-refractivity contribution in [1.82, 2.24) is 9.97 Å². The lowest BCUT2D eigenvalue weighted by Crippen LogP contribution is -2.00. The Labute approximate surface area is 124 Å². The molecule has 0 unspecified atom stereocenters. The first-order valence-electron chi connectivity index (χ1n) is 5.81. The van der Waals surface area contributed by atoms with Crippen molar-refractivity contribution in [3.63, 3.8) is 0 Å². The Balaban J connectivity index is 2.31. The van der Waals surface area contributed by atoms with Gasteiger partial charge in [-0.25, -0.2) is 9.97 Å². The quantitative estimate of drug-likeness (QED) is 0.526. The van der Waals surface area contributed by atoms with E-state index in [2.05, 4.69) is 9.97 Å². The van der Waals surface area contributed by atoms with E-state index in [1.165, 1.54) is 12.1 Å². The molecule has 1 heterocycles. The standard InChI is InChI=1S/C12H8N2O6S2/c15-21(16,17)7-1-3-9-11(5-7)14-10-4-2-8(22(18,19)20)6-12(10)13-9/h1-6H,(H,15,16,17)(H,18,19,20). The Kier molecular flexibility index (Phi) is 3.14. The van der Waals surface area contributed by atoms with Crippen molar-refractivity contribution in [3.8, 4) is 0 Å². The number of benzene rings is 2. The zero-order valence-corrected chi connectivity index (χ0v) is 12.3. The van der Waals surface area contributed by atoms with E-state index in [1.807, 2.05) is 0 Å². The molecule has 0 fully saturated rings. The van der Waals surface area contributed by atoms with Gasteiger partial charge in [0.2, 0.25) is 0 Å². The molecule has 0 amide bonds. The molecule has 0 atom stereocenters. The maximum absolute atomic E-state index is 11.1. The molecule has 3 aromatic rings. The Bertz CT molecular complexity index is 1030. The van der Waals surface area contributed by atoms with Crippen molar-refractivity contribution in [1.29, 1.82) is 0 Å². The van der Waals surface area contributed by atoms with Crippen LogP contribution in [0.25, 0.3) is 22.1 Å². The highest BCUT2D eigenvalue weighted by molar-refractivity contribution is 7.86. The van der Waals surface area contributed by atoms with Gasteiger partial charge in [-0.05, 0) is 36.4 Å². The SMILES string of the molecule is O=S(=O)(O)c1ccc2nc3cc(S(=O)(=O)O)ccc3nc2c1.